The number of methoxy groups -OCH3 is 1. The molecule has 4 nitrogen and oxygen atoms in total. The standard InChI is InChI=1S/C15H13ClO4/c1-19-15(18)14-12(17)6-3-7-13(14)20-9-10-4-2-5-11(16)8-10/h2-8,17H,9H2,1H3. The van der Waals surface area contributed by atoms with E-state index in [9.17, 15) is 9.90 Å². The molecule has 0 atom stereocenters. The van der Waals surface area contributed by atoms with Crippen LogP contribution in [0.4, 0.5) is 0 Å². The molecule has 2 rings (SSSR count). The van der Waals surface area contributed by atoms with Crippen molar-refractivity contribution >= 4 is 17.6 Å². The number of hydrogen-bond acceptors (Lipinski definition) is 4. The normalized spacial score (nSPS) is 10.1. The zero-order valence-electron chi connectivity index (χ0n) is 10.8. The number of hydrogen-bond donors (Lipinski definition) is 1. The maximum Gasteiger partial charge on any atom is 0.345 e. The topological polar surface area (TPSA) is 55.8 Å². The number of benzene rings is 2. The van der Waals surface area contributed by atoms with E-state index in [0.29, 0.717) is 5.02 Å². The van der Waals surface area contributed by atoms with Crippen molar-refractivity contribution in [2.75, 3.05) is 7.11 Å². The molecule has 0 bridgehead atoms. The van der Waals surface area contributed by atoms with Gasteiger partial charge in [0.1, 0.15) is 23.7 Å². The Bertz CT molecular complexity index is 625. The van der Waals surface area contributed by atoms with Gasteiger partial charge in [-0.15, -0.1) is 0 Å². The minimum absolute atomic E-state index is 0.0111. The summed E-state index contributed by atoms with van der Waals surface area (Å²) in [5.41, 5.74) is 0.869. The molecule has 20 heavy (non-hydrogen) atoms. The molecule has 104 valence electrons. The van der Waals surface area contributed by atoms with Crippen LogP contribution in [0.15, 0.2) is 42.5 Å². The Morgan fingerprint density at radius 3 is 2.70 bits per heavy atom. The third-order valence-corrected chi connectivity index (χ3v) is 2.91. The molecule has 0 aliphatic carbocycles. The highest BCUT2D eigenvalue weighted by Gasteiger charge is 2.18. The first-order valence-corrected chi connectivity index (χ1v) is 6.27. The van der Waals surface area contributed by atoms with Crippen LogP contribution < -0.4 is 4.74 Å². The monoisotopic (exact) mass is 292 g/mol. The van der Waals surface area contributed by atoms with Crippen LogP contribution in [0.25, 0.3) is 0 Å². The molecular formula is C15H13ClO4. The zero-order chi connectivity index (χ0) is 14.5. The first-order chi connectivity index (χ1) is 9.61. The highest BCUT2D eigenvalue weighted by molar-refractivity contribution is 6.30. The Balaban J connectivity index is 2.21. The van der Waals surface area contributed by atoms with Crippen LogP contribution in [-0.4, -0.2) is 18.2 Å². The lowest BCUT2D eigenvalue weighted by Crippen LogP contribution is -2.06. The molecule has 0 unspecified atom stereocenters. The summed E-state index contributed by atoms with van der Waals surface area (Å²) in [6.45, 7) is 0.230. The number of phenols is 1. The summed E-state index contributed by atoms with van der Waals surface area (Å²) in [7, 11) is 1.25. The molecule has 0 radical (unpaired) electrons. The predicted octanol–water partition coefficient (Wildman–Crippen LogP) is 3.41. The molecule has 0 saturated heterocycles. The van der Waals surface area contributed by atoms with Gasteiger partial charge in [0.05, 0.1) is 7.11 Å². The van der Waals surface area contributed by atoms with Crippen molar-refractivity contribution < 1.29 is 19.4 Å². The van der Waals surface area contributed by atoms with E-state index in [-0.39, 0.29) is 23.7 Å². The summed E-state index contributed by atoms with van der Waals surface area (Å²) < 4.78 is 10.2. The molecule has 0 aromatic heterocycles. The van der Waals surface area contributed by atoms with Gasteiger partial charge in [-0.3, -0.25) is 0 Å². The fourth-order valence-corrected chi connectivity index (χ4v) is 1.95. The molecule has 0 aliphatic heterocycles. The maximum absolute atomic E-state index is 11.6. The molecule has 5 heteroatoms. The van der Waals surface area contributed by atoms with E-state index in [1.165, 1.54) is 13.2 Å². The first-order valence-electron chi connectivity index (χ1n) is 5.89. The number of carbonyl (C=O) groups is 1. The average molecular weight is 293 g/mol. The fourth-order valence-electron chi connectivity index (χ4n) is 1.73. The van der Waals surface area contributed by atoms with Crippen molar-refractivity contribution in [2.24, 2.45) is 0 Å². The lowest BCUT2D eigenvalue weighted by Gasteiger charge is -2.11. The van der Waals surface area contributed by atoms with E-state index in [0.717, 1.165) is 5.56 Å². The second-order valence-corrected chi connectivity index (χ2v) is 4.50. The van der Waals surface area contributed by atoms with Crippen LogP contribution >= 0.6 is 11.6 Å². The Morgan fingerprint density at radius 2 is 2.00 bits per heavy atom. The SMILES string of the molecule is COC(=O)c1c(O)cccc1OCc1cccc(Cl)c1. The van der Waals surface area contributed by atoms with Gasteiger partial charge in [0.15, 0.2) is 0 Å². The number of rotatable bonds is 4. The third kappa shape index (κ3) is 3.22. The molecule has 2 aromatic rings. The van der Waals surface area contributed by atoms with Gasteiger partial charge in [-0.2, -0.15) is 0 Å². The zero-order valence-corrected chi connectivity index (χ0v) is 11.6. The van der Waals surface area contributed by atoms with Gasteiger partial charge in [-0.1, -0.05) is 29.8 Å². The minimum Gasteiger partial charge on any atom is -0.507 e. The molecule has 0 saturated carbocycles. The van der Waals surface area contributed by atoms with Gasteiger partial charge >= 0.3 is 5.97 Å². The van der Waals surface area contributed by atoms with Crippen molar-refractivity contribution in [3.63, 3.8) is 0 Å². The summed E-state index contributed by atoms with van der Waals surface area (Å²) in [5.74, 6) is -0.568. The Morgan fingerprint density at radius 1 is 1.25 bits per heavy atom. The van der Waals surface area contributed by atoms with Gasteiger partial charge in [0.2, 0.25) is 0 Å². The van der Waals surface area contributed by atoms with Gasteiger partial charge in [0, 0.05) is 5.02 Å². The van der Waals surface area contributed by atoms with Crippen LogP contribution in [0, 0.1) is 0 Å². The second-order valence-electron chi connectivity index (χ2n) is 4.06. The number of halogens is 1. The molecule has 0 fully saturated rings. The Hall–Kier alpha value is -2.20. The number of esters is 1. The lowest BCUT2D eigenvalue weighted by molar-refractivity contribution is 0.0592. The summed E-state index contributed by atoms with van der Waals surface area (Å²) in [6.07, 6.45) is 0. The maximum atomic E-state index is 11.6. The van der Waals surface area contributed by atoms with E-state index >= 15 is 0 Å². The largest absolute Gasteiger partial charge is 0.507 e. The summed E-state index contributed by atoms with van der Waals surface area (Å²) in [6, 6.07) is 11.8. The first kappa shape index (κ1) is 14.2. The van der Waals surface area contributed by atoms with Crippen molar-refractivity contribution in [1.82, 2.24) is 0 Å². The smallest absolute Gasteiger partial charge is 0.345 e. The van der Waals surface area contributed by atoms with Crippen molar-refractivity contribution in [3.05, 3.63) is 58.6 Å². The third-order valence-electron chi connectivity index (χ3n) is 2.68. The van der Waals surface area contributed by atoms with Crippen molar-refractivity contribution in [1.29, 1.82) is 0 Å². The summed E-state index contributed by atoms with van der Waals surface area (Å²) in [5, 5.41) is 10.3. The number of phenolic OH excluding ortho intramolecular Hbond substituents is 1. The number of aromatic hydroxyl groups is 1. The second kappa shape index (κ2) is 6.30. The van der Waals surface area contributed by atoms with Gasteiger partial charge < -0.3 is 14.6 Å². The van der Waals surface area contributed by atoms with Crippen LogP contribution in [0.1, 0.15) is 15.9 Å². The molecule has 1 N–H and O–H groups in total. The van der Waals surface area contributed by atoms with Crippen LogP contribution in [0.2, 0.25) is 5.02 Å². The minimum atomic E-state index is -0.649. The van der Waals surface area contributed by atoms with Gasteiger partial charge in [-0.25, -0.2) is 4.79 Å². The van der Waals surface area contributed by atoms with E-state index in [2.05, 4.69) is 4.74 Å². The predicted molar refractivity (Wildman–Crippen MR) is 75.2 cm³/mol. The molecule has 0 aliphatic rings. The lowest BCUT2D eigenvalue weighted by atomic mass is 10.1. The van der Waals surface area contributed by atoms with Crippen LogP contribution in [-0.2, 0) is 11.3 Å². The highest BCUT2D eigenvalue weighted by atomic mass is 35.5. The number of ether oxygens (including phenoxy) is 2. The van der Waals surface area contributed by atoms with Crippen molar-refractivity contribution in [3.8, 4) is 11.5 Å². The van der Waals surface area contributed by atoms with E-state index in [1.807, 2.05) is 12.1 Å². The molecule has 0 heterocycles. The molecule has 0 spiro atoms. The fraction of sp³-hybridized carbons (Fsp3) is 0.133. The summed E-state index contributed by atoms with van der Waals surface area (Å²) >= 11 is 5.89. The Kier molecular flexibility index (Phi) is 4.48. The van der Waals surface area contributed by atoms with Gasteiger partial charge in [-0.05, 0) is 29.8 Å². The van der Waals surface area contributed by atoms with E-state index < -0.39 is 5.97 Å². The molecule has 2 aromatic carbocycles. The molecule has 0 amide bonds. The molecular weight excluding hydrogens is 280 g/mol. The van der Waals surface area contributed by atoms with E-state index in [4.69, 9.17) is 16.3 Å². The van der Waals surface area contributed by atoms with E-state index in [1.54, 1.807) is 24.3 Å². The summed E-state index contributed by atoms with van der Waals surface area (Å²) in [4.78, 5) is 11.6. The Labute approximate surface area is 121 Å². The quantitative estimate of drug-likeness (QED) is 0.877. The number of carbonyl (C=O) groups excluding carboxylic acids is 1. The average Bonchev–Trinajstić information content (AvgIpc) is 2.44. The van der Waals surface area contributed by atoms with Gasteiger partial charge in [0.25, 0.3) is 0 Å². The van der Waals surface area contributed by atoms with Crippen LogP contribution in [0.5, 0.6) is 11.5 Å². The highest BCUT2D eigenvalue weighted by Crippen LogP contribution is 2.29. The van der Waals surface area contributed by atoms with Crippen molar-refractivity contribution in [2.45, 2.75) is 6.61 Å². The van der Waals surface area contributed by atoms with Crippen LogP contribution in [0.3, 0.4) is 0 Å².